The van der Waals surface area contributed by atoms with Crippen LogP contribution in [0.1, 0.15) is 11.6 Å². The number of piperazine rings is 1. The maximum absolute atomic E-state index is 12.8. The molecular weight excluding hydrogens is 310 g/mol. The normalized spacial score (nSPS) is 16.4. The Morgan fingerprint density at radius 2 is 1.62 bits per heavy atom. The average Bonchev–Trinajstić information content (AvgIpc) is 2.61. The molecule has 134 valence electrons. The monoisotopic (exact) mass is 337 g/mol. The van der Waals surface area contributed by atoms with Crippen molar-refractivity contribution in [3.05, 3.63) is 17.7 Å². The number of hydrogen-bond donors (Lipinski definition) is 1. The molecule has 2 rings (SSSR count). The van der Waals surface area contributed by atoms with Gasteiger partial charge in [-0.1, -0.05) is 0 Å². The Hall–Kier alpha value is -1.99. The van der Waals surface area contributed by atoms with Crippen LogP contribution in [0.3, 0.4) is 0 Å². The molecule has 0 bridgehead atoms. The molecule has 1 aliphatic heterocycles. The van der Waals surface area contributed by atoms with Crippen LogP contribution in [0.2, 0.25) is 0 Å². The lowest BCUT2D eigenvalue weighted by Crippen LogP contribution is -2.49. The molecule has 1 unspecified atom stereocenters. The van der Waals surface area contributed by atoms with Crippen molar-refractivity contribution < 1.29 is 19.0 Å². The van der Waals surface area contributed by atoms with E-state index in [4.69, 9.17) is 14.2 Å². The Morgan fingerprint density at radius 3 is 2.04 bits per heavy atom. The molecule has 1 heterocycles. The zero-order valence-electron chi connectivity index (χ0n) is 15.1. The van der Waals surface area contributed by atoms with Crippen LogP contribution in [0.25, 0.3) is 0 Å². The first-order chi connectivity index (χ1) is 11.5. The molecule has 7 heteroatoms. The van der Waals surface area contributed by atoms with E-state index in [-0.39, 0.29) is 11.9 Å². The number of hydrogen-bond acceptors (Lipinski definition) is 6. The van der Waals surface area contributed by atoms with Crippen LogP contribution in [0.4, 0.5) is 0 Å². The predicted octanol–water partition coefficient (Wildman–Crippen LogP) is 0.747. The van der Waals surface area contributed by atoms with Gasteiger partial charge in [-0.15, -0.1) is 0 Å². The predicted molar refractivity (Wildman–Crippen MR) is 92.0 cm³/mol. The third-order valence-corrected chi connectivity index (χ3v) is 4.19. The molecule has 0 aromatic heterocycles. The van der Waals surface area contributed by atoms with Gasteiger partial charge in [0.2, 0.25) is 11.7 Å². The van der Waals surface area contributed by atoms with E-state index in [9.17, 15) is 4.79 Å². The zero-order chi connectivity index (χ0) is 17.7. The Morgan fingerprint density at radius 1 is 1.08 bits per heavy atom. The van der Waals surface area contributed by atoms with Crippen molar-refractivity contribution >= 4 is 5.91 Å². The molecule has 24 heavy (non-hydrogen) atoms. The highest BCUT2D eigenvalue weighted by atomic mass is 16.5. The second-order valence-corrected chi connectivity index (χ2v) is 5.88. The van der Waals surface area contributed by atoms with E-state index in [1.54, 1.807) is 40.3 Å². The van der Waals surface area contributed by atoms with E-state index in [0.29, 0.717) is 17.2 Å². The summed E-state index contributed by atoms with van der Waals surface area (Å²) in [7, 11) is 8.27. The van der Waals surface area contributed by atoms with Crippen molar-refractivity contribution in [3.63, 3.8) is 0 Å². The summed E-state index contributed by atoms with van der Waals surface area (Å²) in [5, 5.41) is 3.32. The van der Waals surface area contributed by atoms with E-state index in [1.807, 2.05) is 12.1 Å². The number of ether oxygens (including phenoxy) is 3. The molecule has 0 spiro atoms. The summed E-state index contributed by atoms with van der Waals surface area (Å²) in [6, 6.07) is 3.33. The molecule has 1 aromatic carbocycles. The van der Waals surface area contributed by atoms with Crippen molar-refractivity contribution in [2.75, 3.05) is 61.6 Å². The molecular formula is C17H27N3O4. The largest absolute Gasteiger partial charge is 0.493 e. The number of carbonyl (C=O) groups is 1. The number of rotatable bonds is 6. The van der Waals surface area contributed by atoms with Gasteiger partial charge in [-0.2, -0.15) is 0 Å². The quantitative estimate of drug-likeness (QED) is 0.826. The van der Waals surface area contributed by atoms with Crippen molar-refractivity contribution in [2.24, 2.45) is 0 Å². The first-order valence-electron chi connectivity index (χ1n) is 7.99. The Balaban J connectivity index is 2.50. The maximum Gasteiger partial charge on any atom is 0.244 e. The topological polar surface area (TPSA) is 63.3 Å². The van der Waals surface area contributed by atoms with Crippen molar-refractivity contribution in [1.29, 1.82) is 0 Å². The van der Waals surface area contributed by atoms with Gasteiger partial charge in [-0.05, 0) is 17.7 Å². The lowest BCUT2D eigenvalue weighted by atomic mass is 10.0. The smallest absolute Gasteiger partial charge is 0.244 e. The van der Waals surface area contributed by atoms with Gasteiger partial charge in [-0.25, -0.2) is 0 Å². The van der Waals surface area contributed by atoms with Gasteiger partial charge in [0.25, 0.3) is 0 Å². The second kappa shape index (κ2) is 8.21. The molecule has 1 aromatic rings. The summed E-state index contributed by atoms with van der Waals surface area (Å²) < 4.78 is 16.3. The van der Waals surface area contributed by atoms with Crippen molar-refractivity contribution in [1.82, 2.24) is 15.1 Å². The van der Waals surface area contributed by atoms with Crippen molar-refractivity contribution in [2.45, 2.75) is 6.04 Å². The van der Waals surface area contributed by atoms with E-state index in [1.165, 1.54) is 0 Å². The van der Waals surface area contributed by atoms with Crippen LogP contribution in [-0.4, -0.2) is 77.3 Å². The number of carbonyl (C=O) groups excluding carboxylic acids is 1. The van der Waals surface area contributed by atoms with Crippen LogP contribution in [0.15, 0.2) is 12.1 Å². The van der Waals surface area contributed by atoms with Gasteiger partial charge >= 0.3 is 0 Å². The third-order valence-electron chi connectivity index (χ3n) is 4.19. The minimum atomic E-state index is -0.379. The highest BCUT2D eigenvalue weighted by molar-refractivity contribution is 5.83. The van der Waals surface area contributed by atoms with Gasteiger partial charge in [0, 0.05) is 40.3 Å². The van der Waals surface area contributed by atoms with Crippen LogP contribution in [0.5, 0.6) is 17.2 Å². The maximum atomic E-state index is 12.8. The summed E-state index contributed by atoms with van der Waals surface area (Å²) in [5.41, 5.74) is 0.838. The zero-order valence-corrected chi connectivity index (χ0v) is 15.1. The molecule has 1 amide bonds. The fraction of sp³-hybridized carbons (Fsp3) is 0.588. The molecule has 1 aliphatic rings. The van der Waals surface area contributed by atoms with E-state index in [2.05, 4.69) is 10.2 Å². The number of methoxy groups -OCH3 is 3. The second-order valence-electron chi connectivity index (χ2n) is 5.88. The molecule has 0 radical (unpaired) electrons. The first kappa shape index (κ1) is 18.4. The molecule has 1 atom stereocenters. The molecule has 1 saturated heterocycles. The SMILES string of the molecule is COc1cc(C(C(=O)N(C)C)N2CCNCC2)cc(OC)c1OC. The van der Waals surface area contributed by atoms with Crippen molar-refractivity contribution in [3.8, 4) is 17.2 Å². The molecule has 0 saturated carbocycles. The molecule has 1 N–H and O–H groups in total. The van der Waals surface area contributed by atoms with E-state index < -0.39 is 0 Å². The minimum Gasteiger partial charge on any atom is -0.493 e. The summed E-state index contributed by atoms with van der Waals surface area (Å²) >= 11 is 0. The van der Waals surface area contributed by atoms with Crippen LogP contribution in [0, 0.1) is 0 Å². The highest BCUT2D eigenvalue weighted by Gasteiger charge is 2.31. The lowest BCUT2D eigenvalue weighted by Gasteiger charge is -2.35. The Kier molecular flexibility index (Phi) is 6.28. The van der Waals surface area contributed by atoms with Crippen LogP contribution < -0.4 is 19.5 Å². The van der Waals surface area contributed by atoms with Gasteiger partial charge in [0.05, 0.1) is 21.3 Å². The summed E-state index contributed by atoms with van der Waals surface area (Å²) in [5.74, 6) is 1.67. The summed E-state index contributed by atoms with van der Waals surface area (Å²) in [6.07, 6.45) is 0. The van der Waals surface area contributed by atoms with E-state index >= 15 is 0 Å². The van der Waals surface area contributed by atoms with Gasteiger partial charge < -0.3 is 24.4 Å². The molecule has 0 aliphatic carbocycles. The van der Waals surface area contributed by atoms with Gasteiger partial charge in [-0.3, -0.25) is 9.69 Å². The highest BCUT2D eigenvalue weighted by Crippen LogP contribution is 2.41. The van der Waals surface area contributed by atoms with Gasteiger partial charge in [0.15, 0.2) is 11.5 Å². The minimum absolute atomic E-state index is 0.0335. The summed E-state index contributed by atoms with van der Waals surface area (Å²) in [4.78, 5) is 16.6. The number of nitrogens with zero attached hydrogens (tertiary/aromatic N) is 2. The molecule has 7 nitrogen and oxygen atoms in total. The van der Waals surface area contributed by atoms with Gasteiger partial charge in [0.1, 0.15) is 6.04 Å². The van der Waals surface area contributed by atoms with Crippen LogP contribution in [-0.2, 0) is 4.79 Å². The molecule has 1 fully saturated rings. The third kappa shape index (κ3) is 3.73. The standard InChI is InChI=1S/C17H27N3O4/c1-19(2)17(21)15(20-8-6-18-7-9-20)12-10-13(22-3)16(24-5)14(11-12)23-4/h10-11,15,18H,6-9H2,1-5H3. The first-order valence-corrected chi connectivity index (χ1v) is 7.99. The number of benzene rings is 1. The number of nitrogens with one attached hydrogen (secondary N) is 1. The average molecular weight is 337 g/mol. The fourth-order valence-corrected chi connectivity index (χ4v) is 2.95. The summed E-state index contributed by atoms with van der Waals surface area (Å²) in [6.45, 7) is 3.34. The fourth-order valence-electron chi connectivity index (χ4n) is 2.95. The number of amides is 1. The van der Waals surface area contributed by atoms with Crippen LogP contribution >= 0.6 is 0 Å². The lowest BCUT2D eigenvalue weighted by molar-refractivity contribution is -0.135. The number of likely N-dealkylation sites (N-methyl/N-ethyl adjacent to an activating group) is 1. The Bertz CT molecular complexity index is 546. The van der Waals surface area contributed by atoms with E-state index in [0.717, 1.165) is 31.7 Å². The Labute approximate surface area is 143 Å².